The van der Waals surface area contributed by atoms with E-state index in [0.29, 0.717) is 22.3 Å². The van der Waals surface area contributed by atoms with Crippen molar-refractivity contribution < 1.29 is 9.53 Å². The molecule has 3 rings (SSSR count). The fourth-order valence-corrected chi connectivity index (χ4v) is 4.41. The van der Waals surface area contributed by atoms with Gasteiger partial charge in [-0.15, -0.1) is 0 Å². The molecule has 152 valence electrons. The van der Waals surface area contributed by atoms with Gasteiger partial charge in [0.15, 0.2) is 0 Å². The van der Waals surface area contributed by atoms with E-state index in [-0.39, 0.29) is 6.03 Å². The van der Waals surface area contributed by atoms with E-state index in [4.69, 9.17) is 27.9 Å². The number of halogens is 3. The number of ether oxygens (including phenoxy) is 1. The zero-order valence-corrected chi connectivity index (χ0v) is 19.5. The van der Waals surface area contributed by atoms with E-state index in [2.05, 4.69) is 44.8 Å². The lowest BCUT2D eigenvalue weighted by atomic mass is 10.0. The molecule has 0 bridgehead atoms. The summed E-state index contributed by atoms with van der Waals surface area (Å²) in [6.45, 7) is 0.538. The first kappa shape index (κ1) is 22.1. The van der Waals surface area contributed by atoms with Crippen LogP contribution in [0.25, 0.3) is 10.8 Å². The van der Waals surface area contributed by atoms with Gasteiger partial charge in [0.25, 0.3) is 0 Å². The van der Waals surface area contributed by atoms with Crippen LogP contribution in [0.2, 0.25) is 10.0 Å². The number of methoxy groups -OCH3 is 1. The largest absolute Gasteiger partial charge is 0.496 e. The van der Waals surface area contributed by atoms with Crippen LogP contribution in [0.5, 0.6) is 5.75 Å². The molecule has 0 aliphatic heterocycles. The molecule has 4 nitrogen and oxygen atoms in total. The highest BCUT2D eigenvalue weighted by molar-refractivity contribution is 9.10. The molecule has 8 heteroatoms. The molecule has 0 spiro atoms. The molecule has 0 aliphatic carbocycles. The van der Waals surface area contributed by atoms with Crippen molar-refractivity contribution in [3.05, 3.63) is 68.6 Å². The SMILES string of the molecule is COc1ccc2cc(Br)ccc2c1CSCCNC(=O)Nc1ccc(Cl)c(Cl)c1. The quantitative estimate of drug-likeness (QED) is 0.335. The molecule has 0 atom stereocenters. The second kappa shape index (κ2) is 10.4. The molecule has 0 heterocycles. The minimum Gasteiger partial charge on any atom is -0.496 e. The zero-order chi connectivity index (χ0) is 20.8. The number of thioether (sulfide) groups is 1. The van der Waals surface area contributed by atoms with E-state index >= 15 is 0 Å². The van der Waals surface area contributed by atoms with Crippen molar-refractivity contribution in [2.75, 3.05) is 24.7 Å². The fraction of sp³-hybridized carbons (Fsp3) is 0.190. The number of rotatable bonds is 7. The van der Waals surface area contributed by atoms with E-state index in [1.807, 2.05) is 12.1 Å². The molecule has 2 amide bonds. The topological polar surface area (TPSA) is 50.4 Å². The maximum absolute atomic E-state index is 12.0. The number of hydrogen-bond donors (Lipinski definition) is 2. The summed E-state index contributed by atoms with van der Waals surface area (Å²) in [6, 6.07) is 15.0. The van der Waals surface area contributed by atoms with Gasteiger partial charge < -0.3 is 15.4 Å². The Labute approximate surface area is 192 Å². The summed E-state index contributed by atoms with van der Waals surface area (Å²) in [5, 5.41) is 8.76. The Bertz CT molecular complexity index is 1030. The third-order valence-corrected chi connectivity index (χ3v) is 6.44. The third kappa shape index (κ3) is 5.95. The van der Waals surface area contributed by atoms with Crippen LogP contribution < -0.4 is 15.4 Å². The summed E-state index contributed by atoms with van der Waals surface area (Å²) < 4.78 is 6.59. The number of carbonyl (C=O) groups excluding carboxylic acids is 1. The minimum atomic E-state index is -0.281. The highest BCUT2D eigenvalue weighted by atomic mass is 79.9. The summed E-state index contributed by atoms with van der Waals surface area (Å²) in [5.74, 6) is 2.43. The fourth-order valence-electron chi connectivity index (χ4n) is 2.85. The van der Waals surface area contributed by atoms with Gasteiger partial charge in [-0.3, -0.25) is 0 Å². The molecule has 3 aromatic carbocycles. The summed E-state index contributed by atoms with van der Waals surface area (Å²) in [5.41, 5.74) is 1.75. The summed E-state index contributed by atoms with van der Waals surface area (Å²) in [7, 11) is 1.68. The molecule has 0 saturated heterocycles. The minimum absolute atomic E-state index is 0.281. The number of urea groups is 1. The smallest absolute Gasteiger partial charge is 0.319 e. The highest BCUT2D eigenvalue weighted by Crippen LogP contribution is 2.32. The molecular formula is C21H19BrCl2N2O2S. The van der Waals surface area contributed by atoms with Crippen molar-refractivity contribution in [1.29, 1.82) is 0 Å². The van der Waals surface area contributed by atoms with Crippen molar-refractivity contribution in [2.45, 2.75) is 5.75 Å². The lowest BCUT2D eigenvalue weighted by molar-refractivity contribution is 0.252. The van der Waals surface area contributed by atoms with E-state index in [9.17, 15) is 4.79 Å². The van der Waals surface area contributed by atoms with E-state index in [1.54, 1.807) is 37.1 Å². The van der Waals surface area contributed by atoms with Gasteiger partial charge in [-0.05, 0) is 47.2 Å². The van der Waals surface area contributed by atoms with E-state index in [1.165, 1.54) is 5.39 Å². The van der Waals surface area contributed by atoms with Crippen LogP contribution in [0, 0.1) is 0 Å². The van der Waals surface area contributed by atoms with Gasteiger partial charge in [0.2, 0.25) is 0 Å². The standard InChI is InChI=1S/C21H19BrCl2N2O2S/c1-28-20-7-2-13-10-14(22)3-5-16(13)17(20)12-29-9-8-25-21(27)26-15-4-6-18(23)19(24)11-15/h2-7,10-11H,8-9,12H2,1H3,(H2,25,26,27). The second-order valence-corrected chi connectivity index (χ2v) is 9.01. The van der Waals surface area contributed by atoms with Crippen LogP contribution in [0.4, 0.5) is 10.5 Å². The molecule has 0 unspecified atom stereocenters. The molecule has 2 N–H and O–H groups in total. The Morgan fingerprint density at radius 1 is 1.10 bits per heavy atom. The Morgan fingerprint density at radius 2 is 1.93 bits per heavy atom. The van der Waals surface area contributed by atoms with Crippen LogP contribution in [-0.4, -0.2) is 25.4 Å². The number of hydrogen-bond acceptors (Lipinski definition) is 3. The first-order valence-corrected chi connectivity index (χ1v) is 11.5. The van der Waals surface area contributed by atoms with Crippen molar-refractivity contribution in [3.8, 4) is 5.75 Å². The van der Waals surface area contributed by atoms with Crippen molar-refractivity contribution in [3.63, 3.8) is 0 Å². The Kier molecular flexibility index (Phi) is 7.95. The monoisotopic (exact) mass is 512 g/mol. The number of anilines is 1. The second-order valence-electron chi connectivity index (χ2n) is 6.17. The predicted octanol–water partition coefficient (Wildman–Crippen LogP) is 6.97. The number of fused-ring (bicyclic) bond motifs is 1. The predicted molar refractivity (Wildman–Crippen MR) is 128 cm³/mol. The van der Waals surface area contributed by atoms with Crippen LogP contribution in [0.3, 0.4) is 0 Å². The number of benzene rings is 3. The number of amides is 2. The maximum Gasteiger partial charge on any atom is 0.319 e. The van der Waals surface area contributed by atoms with Crippen LogP contribution in [0.15, 0.2) is 53.0 Å². The number of nitrogens with one attached hydrogen (secondary N) is 2. The lowest BCUT2D eigenvalue weighted by Gasteiger charge is -2.13. The van der Waals surface area contributed by atoms with Gasteiger partial charge in [0.1, 0.15) is 5.75 Å². The van der Waals surface area contributed by atoms with Crippen molar-refractivity contribution in [1.82, 2.24) is 5.32 Å². The third-order valence-electron chi connectivity index (χ3n) is 4.23. The van der Waals surface area contributed by atoms with Crippen LogP contribution >= 0.6 is 50.9 Å². The molecule has 0 fully saturated rings. The molecular weight excluding hydrogens is 495 g/mol. The Hall–Kier alpha value is -1.60. The molecule has 0 aliphatic rings. The summed E-state index contributed by atoms with van der Waals surface area (Å²) in [4.78, 5) is 12.0. The highest BCUT2D eigenvalue weighted by Gasteiger charge is 2.09. The van der Waals surface area contributed by atoms with E-state index in [0.717, 1.165) is 32.7 Å². The summed E-state index contributed by atoms with van der Waals surface area (Å²) in [6.07, 6.45) is 0. The molecule has 3 aromatic rings. The Balaban J connectivity index is 1.51. The van der Waals surface area contributed by atoms with E-state index < -0.39 is 0 Å². The van der Waals surface area contributed by atoms with Gasteiger partial charge in [-0.2, -0.15) is 11.8 Å². The van der Waals surface area contributed by atoms with Gasteiger partial charge in [0, 0.05) is 33.8 Å². The molecule has 29 heavy (non-hydrogen) atoms. The average molecular weight is 514 g/mol. The zero-order valence-electron chi connectivity index (χ0n) is 15.6. The van der Waals surface area contributed by atoms with Gasteiger partial charge in [-0.1, -0.05) is 51.3 Å². The van der Waals surface area contributed by atoms with Crippen molar-refractivity contribution >= 4 is 73.4 Å². The van der Waals surface area contributed by atoms with Gasteiger partial charge in [-0.25, -0.2) is 4.79 Å². The maximum atomic E-state index is 12.0. The molecule has 0 aromatic heterocycles. The first-order valence-electron chi connectivity index (χ1n) is 8.80. The number of carbonyl (C=O) groups is 1. The van der Waals surface area contributed by atoms with Gasteiger partial charge >= 0.3 is 6.03 Å². The first-order chi connectivity index (χ1) is 14.0. The van der Waals surface area contributed by atoms with Crippen molar-refractivity contribution in [2.24, 2.45) is 0 Å². The molecule has 0 saturated carbocycles. The van der Waals surface area contributed by atoms with Gasteiger partial charge in [0.05, 0.1) is 17.2 Å². The Morgan fingerprint density at radius 3 is 2.69 bits per heavy atom. The lowest BCUT2D eigenvalue weighted by Crippen LogP contribution is -2.30. The van der Waals surface area contributed by atoms with Crippen LogP contribution in [-0.2, 0) is 5.75 Å². The average Bonchev–Trinajstić information content (AvgIpc) is 2.70. The molecule has 0 radical (unpaired) electrons. The van der Waals surface area contributed by atoms with Crippen LogP contribution in [0.1, 0.15) is 5.56 Å². The normalized spacial score (nSPS) is 10.8. The summed E-state index contributed by atoms with van der Waals surface area (Å²) >= 11 is 17.1.